The standard InChI is InChI=1S/C25H31N3O3/c1-15-11-20(16-3-4-16)21(19-7-9-26-24(15)19)14-28-10-8-18(31-2)12-23(28)17-5-6-22(25(29)30)27-13-17/h5-7,9,11,13,16,18,20-21,23,26H,3-4,8,10,12,14H2,1-2H3,(H,29,30). The number of hydrogen-bond donors (Lipinski definition) is 2. The van der Waals surface area contributed by atoms with Gasteiger partial charge >= 0.3 is 5.97 Å². The minimum Gasteiger partial charge on any atom is -0.477 e. The lowest BCUT2D eigenvalue weighted by molar-refractivity contribution is 0.00582. The van der Waals surface area contributed by atoms with Gasteiger partial charge in [-0.05, 0) is 73.3 Å². The van der Waals surface area contributed by atoms with Crippen molar-refractivity contribution in [3.63, 3.8) is 0 Å². The summed E-state index contributed by atoms with van der Waals surface area (Å²) in [5, 5.41) is 9.21. The molecule has 2 N–H and O–H groups in total. The van der Waals surface area contributed by atoms with E-state index in [0.29, 0.717) is 11.8 Å². The molecule has 4 unspecified atom stereocenters. The lowest BCUT2D eigenvalue weighted by atomic mass is 9.76. The summed E-state index contributed by atoms with van der Waals surface area (Å²) in [7, 11) is 1.78. The number of aromatic carboxylic acids is 1. The van der Waals surface area contributed by atoms with Gasteiger partial charge in [-0.2, -0.15) is 0 Å². The van der Waals surface area contributed by atoms with Crippen LogP contribution < -0.4 is 0 Å². The highest BCUT2D eigenvalue weighted by Crippen LogP contribution is 2.50. The van der Waals surface area contributed by atoms with Gasteiger partial charge in [0.05, 0.1) is 6.10 Å². The Labute approximate surface area is 183 Å². The van der Waals surface area contributed by atoms with Crippen molar-refractivity contribution in [2.45, 2.75) is 50.7 Å². The topological polar surface area (TPSA) is 78.5 Å². The van der Waals surface area contributed by atoms with Crippen LogP contribution in [-0.4, -0.2) is 52.2 Å². The number of carboxylic acid groups (broad SMARTS) is 1. The molecular formula is C25H31N3O3. The SMILES string of the molecule is COC1CCN(CC2c3cc[nH]c3C(C)=CC2C2CC2)C(c2ccc(C(=O)O)nc2)C1. The number of pyridine rings is 1. The number of nitrogens with one attached hydrogen (secondary N) is 1. The van der Waals surface area contributed by atoms with Crippen LogP contribution in [0.4, 0.5) is 0 Å². The summed E-state index contributed by atoms with van der Waals surface area (Å²) in [6, 6.07) is 6.00. The normalized spacial score (nSPS) is 28.8. The lowest BCUT2D eigenvalue weighted by Crippen LogP contribution is -2.43. The Morgan fingerprint density at radius 1 is 1.29 bits per heavy atom. The highest BCUT2D eigenvalue weighted by molar-refractivity contribution is 5.85. The number of likely N-dealkylation sites (tertiary alicyclic amines) is 1. The number of aromatic nitrogens is 2. The van der Waals surface area contributed by atoms with Crippen LogP contribution >= 0.6 is 0 Å². The number of nitrogens with zero attached hydrogens (tertiary/aromatic N) is 2. The van der Waals surface area contributed by atoms with Crippen LogP contribution in [0.1, 0.15) is 71.9 Å². The summed E-state index contributed by atoms with van der Waals surface area (Å²) >= 11 is 0. The number of carboxylic acids is 1. The molecular weight excluding hydrogens is 390 g/mol. The molecule has 6 nitrogen and oxygen atoms in total. The number of allylic oxidation sites excluding steroid dienone is 2. The molecule has 3 aliphatic rings. The molecule has 1 aliphatic heterocycles. The highest BCUT2D eigenvalue weighted by Gasteiger charge is 2.41. The summed E-state index contributed by atoms with van der Waals surface area (Å²) in [5.41, 5.74) is 5.28. The summed E-state index contributed by atoms with van der Waals surface area (Å²) in [5.74, 6) is 0.884. The predicted octanol–water partition coefficient (Wildman–Crippen LogP) is 4.49. The number of piperidine rings is 1. The first-order valence-electron chi connectivity index (χ1n) is 11.4. The molecule has 0 bridgehead atoms. The van der Waals surface area contributed by atoms with Crippen molar-refractivity contribution in [1.29, 1.82) is 0 Å². The van der Waals surface area contributed by atoms with Crippen LogP contribution in [0, 0.1) is 11.8 Å². The van der Waals surface area contributed by atoms with Gasteiger partial charge in [0.1, 0.15) is 5.69 Å². The van der Waals surface area contributed by atoms with Crippen LogP contribution in [-0.2, 0) is 4.74 Å². The van der Waals surface area contributed by atoms with Crippen molar-refractivity contribution in [3.05, 3.63) is 59.2 Å². The summed E-state index contributed by atoms with van der Waals surface area (Å²) in [6.07, 6.45) is 11.1. The summed E-state index contributed by atoms with van der Waals surface area (Å²) in [6.45, 7) is 4.20. The molecule has 1 saturated heterocycles. The Bertz CT molecular complexity index is 976. The monoisotopic (exact) mass is 421 g/mol. The van der Waals surface area contributed by atoms with Crippen molar-refractivity contribution >= 4 is 11.5 Å². The third-order valence-corrected chi connectivity index (χ3v) is 7.47. The van der Waals surface area contributed by atoms with Gasteiger partial charge in [-0.1, -0.05) is 12.1 Å². The lowest BCUT2D eigenvalue weighted by Gasteiger charge is -2.43. The highest BCUT2D eigenvalue weighted by atomic mass is 16.5. The number of aromatic amines is 1. The van der Waals surface area contributed by atoms with E-state index in [9.17, 15) is 9.90 Å². The molecule has 0 amide bonds. The van der Waals surface area contributed by atoms with E-state index >= 15 is 0 Å². The predicted molar refractivity (Wildman–Crippen MR) is 119 cm³/mol. The van der Waals surface area contributed by atoms with E-state index in [1.807, 2.05) is 6.07 Å². The number of hydrogen-bond acceptors (Lipinski definition) is 4. The number of fused-ring (bicyclic) bond motifs is 1. The molecule has 2 fully saturated rings. The van der Waals surface area contributed by atoms with Gasteiger partial charge < -0.3 is 14.8 Å². The quantitative estimate of drug-likeness (QED) is 0.719. The summed E-state index contributed by atoms with van der Waals surface area (Å²) < 4.78 is 5.71. The first-order chi connectivity index (χ1) is 15.0. The molecule has 31 heavy (non-hydrogen) atoms. The number of carbonyl (C=O) groups is 1. The molecule has 164 valence electrons. The molecule has 4 atom stereocenters. The molecule has 2 aliphatic carbocycles. The molecule has 0 aromatic carbocycles. The minimum atomic E-state index is -0.988. The van der Waals surface area contributed by atoms with Gasteiger partial charge in [-0.25, -0.2) is 9.78 Å². The fourth-order valence-corrected chi connectivity index (χ4v) is 5.64. The molecule has 2 aromatic heterocycles. The number of methoxy groups -OCH3 is 1. The molecule has 6 heteroatoms. The van der Waals surface area contributed by atoms with Gasteiger partial charge in [-0.3, -0.25) is 4.90 Å². The Balaban J connectivity index is 1.44. The largest absolute Gasteiger partial charge is 0.477 e. The third-order valence-electron chi connectivity index (χ3n) is 7.47. The van der Waals surface area contributed by atoms with Crippen molar-refractivity contribution < 1.29 is 14.6 Å². The average molecular weight is 422 g/mol. The molecule has 5 rings (SSSR count). The van der Waals surface area contributed by atoms with Gasteiger partial charge in [0, 0.05) is 50.2 Å². The summed E-state index contributed by atoms with van der Waals surface area (Å²) in [4.78, 5) is 21.5. The zero-order valence-corrected chi connectivity index (χ0v) is 18.3. The second-order valence-electron chi connectivity index (χ2n) is 9.35. The smallest absolute Gasteiger partial charge is 0.354 e. The van der Waals surface area contributed by atoms with Crippen LogP contribution in [0.2, 0.25) is 0 Å². The molecule has 0 spiro atoms. The molecule has 1 saturated carbocycles. The van der Waals surface area contributed by atoms with E-state index in [1.165, 1.54) is 29.7 Å². The van der Waals surface area contributed by atoms with Crippen molar-refractivity contribution in [2.75, 3.05) is 20.2 Å². The second-order valence-corrected chi connectivity index (χ2v) is 9.35. The van der Waals surface area contributed by atoms with E-state index in [0.717, 1.165) is 37.4 Å². The minimum absolute atomic E-state index is 0.0908. The van der Waals surface area contributed by atoms with Crippen LogP contribution in [0.3, 0.4) is 0 Å². The van der Waals surface area contributed by atoms with Crippen LogP contribution in [0.5, 0.6) is 0 Å². The van der Waals surface area contributed by atoms with E-state index in [-0.39, 0.29) is 17.8 Å². The Hall–Kier alpha value is -2.44. The first-order valence-corrected chi connectivity index (χ1v) is 11.4. The molecule has 2 aromatic rings. The maximum absolute atomic E-state index is 11.2. The molecule has 0 radical (unpaired) electrons. The number of ether oxygens (including phenoxy) is 1. The zero-order valence-electron chi connectivity index (χ0n) is 18.3. The van der Waals surface area contributed by atoms with Crippen LogP contribution in [0.25, 0.3) is 5.57 Å². The fraction of sp³-hybridized carbons (Fsp3) is 0.520. The number of rotatable bonds is 6. The molecule has 3 heterocycles. The van der Waals surface area contributed by atoms with Gasteiger partial charge in [0.2, 0.25) is 0 Å². The van der Waals surface area contributed by atoms with E-state index in [1.54, 1.807) is 19.4 Å². The Morgan fingerprint density at radius 3 is 2.81 bits per heavy atom. The third kappa shape index (κ3) is 3.94. The second kappa shape index (κ2) is 8.24. The Kier molecular flexibility index (Phi) is 5.44. The van der Waals surface area contributed by atoms with Crippen LogP contribution in [0.15, 0.2) is 36.7 Å². The average Bonchev–Trinajstić information content (AvgIpc) is 3.51. The van der Waals surface area contributed by atoms with Gasteiger partial charge in [0.15, 0.2) is 0 Å². The zero-order chi connectivity index (χ0) is 21.5. The number of H-pyrrole nitrogens is 1. The van der Waals surface area contributed by atoms with E-state index < -0.39 is 5.97 Å². The van der Waals surface area contributed by atoms with Gasteiger partial charge in [0.25, 0.3) is 0 Å². The first kappa shape index (κ1) is 20.5. The van der Waals surface area contributed by atoms with E-state index in [4.69, 9.17) is 4.74 Å². The fourth-order valence-electron chi connectivity index (χ4n) is 5.64. The van der Waals surface area contributed by atoms with Crippen molar-refractivity contribution in [3.8, 4) is 0 Å². The maximum Gasteiger partial charge on any atom is 0.354 e. The Morgan fingerprint density at radius 2 is 2.13 bits per heavy atom. The maximum atomic E-state index is 11.2. The van der Waals surface area contributed by atoms with E-state index in [2.05, 4.69) is 40.1 Å². The van der Waals surface area contributed by atoms with Crippen molar-refractivity contribution in [2.24, 2.45) is 11.8 Å². The van der Waals surface area contributed by atoms with Gasteiger partial charge in [-0.15, -0.1) is 0 Å². The van der Waals surface area contributed by atoms with Crippen molar-refractivity contribution in [1.82, 2.24) is 14.9 Å².